The molecule has 0 spiro atoms. The Bertz CT molecular complexity index is 618. The summed E-state index contributed by atoms with van der Waals surface area (Å²) < 4.78 is 0. The van der Waals surface area contributed by atoms with Crippen molar-refractivity contribution < 1.29 is 0 Å². The summed E-state index contributed by atoms with van der Waals surface area (Å²) in [6, 6.07) is 1.16. The second-order valence-electron chi connectivity index (χ2n) is 2.75. The van der Waals surface area contributed by atoms with E-state index in [1.807, 2.05) is 0 Å². The van der Waals surface area contributed by atoms with E-state index >= 15 is 0 Å². The summed E-state index contributed by atoms with van der Waals surface area (Å²) in [6.07, 6.45) is 0. The maximum absolute atomic E-state index is 11.2. The van der Waals surface area contributed by atoms with E-state index < -0.39 is 0 Å². The Labute approximate surface area is 109 Å². The molecule has 7 nitrogen and oxygen atoms in total. The number of H-pyrrole nitrogens is 1. The van der Waals surface area contributed by atoms with Crippen LogP contribution in [-0.4, -0.2) is 25.1 Å². The molecule has 0 saturated carbocycles. The molecule has 0 aliphatic heterocycles. The Kier molecular flexibility index (Phi) is 3.46. The van der Waals surface area contributed by atoms with Gasteiger partial charge in [0, 0.05) is 6.07 Å². The molecule has 2 aromatic heterocycles. The molecule has 0 aliphatic carbocycles. The molecular weight excluding hydrogens is 287 g/mol. The molecule has 0 radical (unpaired) electrons. The van der Waals surface area contributed by atoms with Gasteiger partial charge in [0.05, 0.1) is 0 Å². The van der Waals surface area contributed by atoms with Gasteiger partial charge in [-0.05, 0) is 23.4 Å². The highest BCUT2D eigenvalue weighted by Gasteiger charge is 2.10. The highest BCUT2D eigenvalue weighted by Crippen LogP contribution is 2.27. The van der Waals surface area contributed by atoms with Crippen molar-refractivity contribution in [2.24, 2.45) is 0 Å². The van der Waals surface area contributed by atoms with Crippen molar-refractivity contribution in [3.63, 3.8) is 0 Å². The molecule has 0 aromatic carbocycles. The van der Waals surface area contributed by atoms with Crippen molar-refractivity contribution in [1.29, 1.82) is 0 Å². The standard InChI is InChI=1S/C7H4Cl2N6OS/c8-4-5(13-6(9)15-14-4)17-7-11-2(10)1-3(16)12-7/h1H,(H3,10,11,12,16). The van der Waals surface area contributed by atoms with Crippen LogP contribution < -0.4 is 11.3 Å². The fraction of sp³-hybridized carbons (Fsp3) is 0. The first-order chi connectivity index (χ1) is 8.04. The minimum absolute atomic E-state index is 0.0526. The van der Waals surface area contributed by atoms with Crippen molar-refractivity contribution >= 4 is 40.8 Å². The van der Waals surface area contributed by atoms with Crippen LogP contribution in [0.1, 0.15) is 0 Å². The van der Waals surface area contributed by atoms with Crippen LogP contribution in [0.25, 0.3) is 0 Å². The number of nitrogen functional groups attached to an aromatic ring is 1. The van der Waals surface area contributed by atoms with E-state index in [1.54, 1.807) is 0 Å². The third-order valence-corrected chi connectivity index (χ3v) is 2.92. The normalized spacial score (nSPS) is 10.5. The van der Waals surface area contributed by atoms with Gasteiger partial charge in [0.2, 0.25) is 5.28 Å². The van der Waals surface area contributed by atoms with Crippen LogP contribution in [0.15, 0.2) is 21.0 Å². The zero-order valence-corrected chi connectivity index (χ0v) is 10.3. The van der Waals surface area contributed by atoms with E-state index in [1.165, 1.54) is 0 Å². The number of anilines is 1. The van der Waals surface area contributed by atoms with Crippen molar-refractivity contribution in [2.45, 2.75) is 10.2 Å². The number of hydrogen-bond acceptors (Lipinski definition) is 7. The Morgan fingerprint density at radius 2 is 2.06 bits per heavy atom. The Morgan fingerprint density at radius 3 is 2.76 bits per heavy atom. The van der Waals surface area contributed by atoms with Crippen molar-refractivity contribution in [1.82, 2.24) is 25.1 Å². The van der Waals surface area contributed by atoms with Gasteiger partial charge < -0.3 is 10.7 Å². The maximum atomic E-state index is 11.2. The van der Waals surface area contributed by atoms with E-state index in [-0.39, 0.29) is 32.0 Å². The summed E-state index contributed by atoms with van der Waals surface area (Å²) in [5.41, 5.74) is 5.06. The summed E-state index contributed by atoms with van der Waals surface area (Å²) in [7, 11) is 0. The molecule has 88 valence electrons. The molecule has 0 unspecified atom stereocenters. The zero-order valence-electron chi connectivity index (χ0n) is 8.02. The summed E-state index contributed by atoms with van der Waals surface area (Å²) in [5.74, 6) is 0.0977. The molecule has 0 atom stereocenters. The minimum Gasteiger partial charge on any atom is -0.383 e. The van der Waals surface area contributed by atoms with E-state index in [0.717, 1.165) is 17.8 Å². The first-order valence-corrected chi connectivity index (χ1v) is 5.72. The summed E-state index contributed by atoms with van der Waals surface area (Å²) >= 11 is 12.3. The van der Waals surface area contributed by atoms with Crippen LogP contribution in [0.2, 0.25) is 10.4 Å². The first kappa shape index (κ1) is 12.1. The number of rotatable bonds is 2. The highest BCUT2D eigenvalue weighted by molar-refractivity contribution is 7.99. The molecule has 17 heavy (non-hydrogen) atoms. The van der Waals surface area contributed by atoms with Gasteiger partial charge in [-0.3, -0.25) is 4.79 Å². The van der Waals surface area contributed by atoms with E-state index in [9.17, 15) is 4.79 Å². The van der Waals surface area contributed by atoms with Crippen LogP contribution in [0.5, 0.6) is 0 Å². The average Bonchev–Trinajstić information content (AvgIpc) is 2.22. The second-order valence-corrected chi connectivity index (χ2v) is 4.43. The molecule has 2 aromatic rings. The lowest BCUT2D eigenvalue weighted by Crippen LogP contribution is -2.09. The Morgan fingerprint density at radius 1 is 1.29 bits per heavy atom. The number of hydrogen-bond donors (Lipinski definition) is 2. The molecular formula is C7H4Cl2N6OS. The van der Waals surface area contributed by atoms with Gasteiger partial charge in [-0.1, -0.05) is 11.6 Å². The van der Waals surface area contributed by atoms with Gasteiger partial charge >= 0.3 is 0 Å². The molecule has 2 rings (SSSR count). The van der Waals surface area contributed by atoms with Gasteiger partial charge in [0.15, 0.2) is 10.3 Å². The zero-order chi connectivity index (χ0) is 12.4. The largest absolute Gasteiger partial charge is 0.383 e. The predicted octanol–water partition coefficient (Wildman–Crippen LogP) is 0.995. The van der Waals surface area contributed by atoms with E-state index in [2.05, 4.69) is 25.1 Å². The molecule has 0 bridgehead atoms. The summed E-state index contributed by atoms with van der Waals surface area (Å²) in [5, 5.41) is 7.56. The molecule has 0 amide bonds. The fourth-order valence-corrected chi connectivity index (χ4v) is 2.05. The van der Waals surface area contributed by atoms with E-state index in [0.29, 0.717) is 0 Å². The van der Waals surface area contributed by atoms with Crippen molar-refractivity contribution in [3.05, 3.63) is 26.9 Å². The quantitative estimate of drug-likeness (QED) is 0.794. The third kappa shape index (κ3) is 3.05. The second kappa shape index (κ2) is 4.86. The highest BCUT2D eigenvalue weighted by atomic mass is 35.5. The van der Waals surface area contributed by atoms with Gasteiger partial charge in [-0.2, -0.15) is 0 Å². The van der Waals surface area contributed by atoms with E-state index in [4.69, 9.17) is 28.9 Å². The van der Waals surface area contributed by atoms with Crippen LogP contribution in [0.4, 0.5) is 5.82 Å². The predicted molar refractivity (Wildman–Crippen MR) is 63.2 cm³/mol. The number of nitrogens with zero attached hydrogens (tertiary/aromatic N) is 4. The topological polar surface area (TPSA) is 110 Å². The maximum Gasteiger partial charge on any atom is 0.253 e. The summed E-state index contributed by atoms with van der Waals surface area (Å²) in [4.78, 5) is 21.4. The number of nitrogens with two attached hydrogens (primary N) is 1. The van der Waals surface area contributed by atoms with Gasteiger partial charge in [0.1, 0.15) is 10.8 Å². The lowest BCUT2D eigenvalue weighted by Gasteiger charge is -2.01. The summed E-state index contributed by atoms with van der Waals surface area (Å²) in [6.45, 7) is 0. The number of halogens is 2. The number of nitrogens with one attached hydrogen (secondary N) is 1. The smallest absolute Gasteiger partial charge is 0.253 e. The van der Waals surface area contributed by atoms with Crippen molar-refractivity contribution in [2.75, 3.05) is 5.73 Å². The molecule has 3 N–H and O–H groups in total. The Hall–Kier alpha value is -1.38. The lowest BCUT2D eigenvalue weighted by molar-refractivity contribution is 0.892. The molecule has 0 saturated heterocycles. The third-order valence-electron chi connectivity index (χ3n) is 1.52. The SMILES string of the molecule is Nc1cc(=O)[nH]c(Sc2nc(Cl)nnc2Cl)n1. The van der Waals surface area contributed by atoms with Crippen LogP contribution in [0.3, 0.4) is 0 Å². The fourth-order valence-electron chi connectivity index (χ4n) is 0.938. The van der Waals surface area contributed by atoms with Crippen LogP contribution >= 0.6 is 35.0 Å². The lowest BCUT2D eigenvalue weighted by atomic mass is 10.6. The molecule has 0 aliphatic rings. The van der Waals surface area contributed by atoms with Crippen molar-refractivity contribution in [3.8, 4) is 0 Å². The van der Waals surface area contributed by atoms with Gasteiger partial charge in [0.25, 0.3) is 5.56 Å². The van der Waals surface area contributed by atoms with Crippen LogP contribution in [0, 0.1) is 0 Å². The van der Waals surface area contributed by atoms with Gasteiger partial charge in [-0.25, -0.2) is 9.97 Å². The van der Waals surface area contributed by atoms with Crippen LogP contribution in [-0.2, 0) is 0 Å². The molecule has 2 heterocycles. The average molecular weight is 291 g/mol. The first-order valence-electron chi connectivity index (χ1n) is 4.15. The molecule has 0 fully saturated rings. The minimum atomic E-state index is -0.371. The number of aromatic nitrogens is 5. The number of aromatic amines is 1. The monoisotopic (exact) mass is 290 g/mol. The Balaban J connectivity index is 2.37. The molecule has 10 heteroatoms. The van der Waals surface area contributed by atoms with Gasteiger partial charge in [-0.15, -0.1) is 10.2 Å².